The van der Waals surface area contributed by atoms with Crippen molar-refractivity contribution < 1.29 is 19.5 Å². The molecule has 2 N–H and O–H groups in total. The van der Waals surface area contributed by atoms with Crippen molar-refractivity contribution in [3.8, 4) is 0 Å². The van der Waals surface area contributed by atoms with Crippen LogP contribution in [0.5, 0.6) is 0 Å². The lowest BCUT2D eigenvalue weighted by atomic mass is 9.80. The van der Waals surface area contributed by atoms with E-state index in [-0.39, 0.29) is 0 Å². The van der Waals surface area contributed by atoms with Gasteiger partial charge in [0.05, 0.1) is 13.2 Å². The van der Waals surface area contributed by atoms with Gasteiger partial charge in [-0.3, -0.25) is 0 Å². The predicted octanol–water partition coefficient (Wildman–Crippen LogP) is -0.534. The van der Waals surface area contributed by atoms with Crippen molar-refractivity contribution in [2.75, 3.05) is 45.4 Å². The Morgan fingerprint density at radius 2 is 1.50 bits per heavy atom. The Bertz CT molecular complexity index is 323. The first kappa shape index (κ1) is 15.0. The fraction of sp³-hybridized carbons (Fsp3) is 0.500. The summed E-state index contributed by atoms with van der Waals surface area (Å²) in [6.07, 6.45) is 0. The van der Waals surface area contributed by atoms with Crippen LogP contribution in [0.2, 0.25) is 0 Å². The molecule has 0 fully saturated rings. The molecule has 0 saturated heterocycles. The van der Waals surface area contributed by atoms with Gasteiger partial charge < -0.3 is 24.4 Å². The van der Waals surface area contributed by atoms with E-state index in [0.29, 0.717) is 18.7 Å². The van der Waals surface area contributed by atoms with Gasteiger partial charge >= 0.3 is 7.12 Å². The molecule has 0 aromatic heterocycles. The van der Waals surface area contributed by atoms with Crippen LogP contribution in [0.1, 0.15) is 0 Å². The number of anilines is 1. The Hall–Kier alpha value is -1.08. The Kier molecular flexibility index (Phi) is 6.74. The summed E-state index contributed by atoms with van der Waals surface area (Å²) in [5.74, 6) is 0. The van der Waals surface area contributed by atoms with Gasteiger partial charge in [0.15, 0.2) is 0 Å². The summed E-state index contributed by atoms with van der Waals surface area (Å²) in [5.41, 5.74) is 1.49. The minimum absolute atomic E-state index is 0.484. The van der Waals surface area contributed by atoms with Crippen molar-refractivity contribution in [3.05, 3.63) is 24.3 Å². The summed E-state index contributed by atoms with van der Waals surface area (Å²) in [6.45, 7) is 2.80. The summed E-state index contributed by atoms with van der Waals surface area (Å²) in [7, 11) is 1.91. The minimum Gasteiger partial charge on any atom is -0.423 e. The van der Waals surface area contributed by atoms with Gasteiger partial charge in [-0.2, -0.15) is 0 Å². The SMILES string of the molecule is COCCN(CCOC)c1ccc(B(O)O)cc1. The van der Waals surface area contributed by atoms with Crippen molar-refractivity contribution in [3.63, 3.8) is 0 Å². The summed E-state index contributed by atoms with van der Waals surface area (Å²) >= 11 is 0. The van der Waals surface area contributed by atoms with Crippen LogP contribution < -0.4 is 10.4 Å². The standard InChI is InChI=1S/C12H20BNO4/c1-17-9-7-14(8-10-18-2)12-5-3-11(4-6-12)13(15)16/h3-6,15-16H,7-10H2,1-2H3. The monoisotopic (exact) mass is 253 g/mol. The normalized spacial score (nSPS) is 10.4. The molecule has 0 aliphatic rings. The molecule has 100 valence electrons. The summed E-state index contributed by atoms with van der Waals surface area (Å²) in [4.78, 5) is 2.13. The van der Waals surface area contributed by atoms with E-state index in [0.717, 1.165) is 18.8 Å². The van der Waals surface area contributed by atoms with Gasteiger partial charge in [-0.05, 0) is 17.6 Å². The zero-order valence-corrected chi connectivity index (χ0v) is 10.9. The molecule has 0 aliphatic heterocycles. The van der Waals surface area contributed by atoms with Crippen LogP contribution in [0.25, 0.3) is 0 Å². The van der Waals surface area contributed by atoms with Crippen LogP contribution in [0, 0.1) is 0 Å². The molecule has 0 heterocycles. The molecule has 0 atom stereocenters. The van der Waals surface area contributed by atoms with E-state index in [1.54, 1.807) is 26.4 Å². The van der Waals surface area contributed by atoms with Crippen molar-refractivity contribution in [2.45, 2.75) is 0 Å². The summed E-state index contributed by atoms with van der Waals surface area (Å²) < 4.78 is 10.1. The first-order valence-electron chi connectivity index (χ1n) is 5.88. The molecule has 5 nitrogen and oxygen atoms in total. The van der Waals surface area contributed by atoms with Crippen LogP contribution in [0.3, 0.4) is 0 Å². The Morgan fingerprint density at radius 3 is 1.89 bits per heavy atom. The second-order valence-electron chi connectivity index (χ2n) is 3.94. The van der Waals surface area contributed by atoms with E-state index in [1.807, 2.05) is 12.1 Å². The Morgan fingerprint density at radius 1 is 1.00 bits per heavy atom. The number of benzene rings is 1. The molecule has 0 radical (unpaired) electrons. The number of hydrogen-bond donors (Lipinski definition) is 2. The van der Waals surface area contributed by atoms with Crippen LogP contribution in [-0.2, 0) is 9.47 Å². The topological polar surface area (TPSA) is 62.2 Å². The molecule has 0 aliphatic carbocycles. The van der Waals surface area contributed by atoms with Crippen LogP contribution >= 0.6 is 0 Å². The molecule has 18 heavy (non-hydrogen) atoms. The Balaban J connectivity index is 2.70. The zero-order valence-electron chi connectivity index (χ0n) is 10.9. The van der Waals surface area contributed by atoms with E-state index in [2.05, 4.69) is 4.90 Å². The molecule has 0 saturated carbocycles. The van der Waals surface area contributed by atoms with Crippen LogP contribution in [0.15, 0.2) is 24.3 Å². The number of methoxy groups -OCH3 is 2. The van der Waals surface area contributed by atoms with Crippen molar-refractivity contribution in [1.82, 2.24) is 0 Å². The largest absolute Gasteiger partial charge is 0.488 e. The highest BCUT2D eigenvalue weighted by Gasteiger charge is 2.11. The second kappa shape index (κ2) is 8.10. The van der Waals surface area contributed by atoms with Gasteiger partial charge in [-0.1, -0.05) is 12.1 Å². The van der Waals surface area contributed by atoms with E-state index in [1.165, 1.54) is 0 Å². The molecule has 1 aromatic rings. The minimum atomic E-state index is -1.43. The lowest BCUT2D eigenvalue weighted by Crippen LogP contribution is -2.32. The molecule has 6 heteroatoms. The lowest BCUT2D eigenvalue weighted by Gasteiger charge is -2.24. The van der Waals surface area contributed by atoms with E-state index in [9.17, 15) is 0 Å². The van der Waals surface area contributed by atoms with Crippen LogP contribution in [-0.4, -0.2) is 57.7 Å². The second-order valence-corrected chi connectivity index (χ2v) is 3.94. The van der Waals surface area contributed by atoms with Gasteiger partial charge in [-0.25, -0.2) is 0 Å². The average Bonchev–Trinajstić information content (AvgIpc) is 2.39. The maximum atomic E-state index is 9.04. The molecular weight excluding hydrogens is 233 g/mol. The van der Waals surface area contributed by atoms with Crippen LogP contribution in [0.4, 0.5) is 5.69 Å². The molecule has 0 unspecified atom stereocenters. The molecule has 1 aromatic carbocycles. The van der Waals surface area contributed by atoms with Gasteiger partial charge in [0.1, 0.15) is 0 Å². The highest BCUT2D eigenvalue weighted by molar-refractivity contribution is 6.58. The lowest BCUT2D eigenvalue weighted by molar-refractivity contribution is 0.190. The smallest absolute Gasteiger partial charge is 0.423 e. The third-order valence-electron chi connectivity index (χ3n) is 2.69. The van der Waals surface area contributed by atoms with E-state index in [4.69, 9.17) is 19.5 Å². The molecule has 0 bridgehead atoms. The average molecular weight is 253 g/mol. The third-order valence-corrected chi connectivity index (χ3v) is 2.69. The van der Waals surface area contributed by atoms with E-state index >= 15 is 0 Å². The number of hydrogen-bond acceptors (Lipinski definition) is 5. The quantitative estimate of drug-likeness (QED) is 0.609. The third kappa shape index (κ3) is 4.66. The highest BCUT2D eigenvalue weighted by atomic mass is 16.5. The predicted molar refractivity (Wildman–Crippen MR) is 72.2 cm³/mol. The Labute approximate surface area is 108 Å². The fourth-order valence-corrected chi connectivity index (χ4v) is 1.63. The van der Waals surface area contributed by atoms with Gasteiger partial charge in [0.2, 0.25) is 0 Å². The number of rotatable bonds is 8. The van der Waals surface area contributed by atoms with Crippen molar-refractivity contribution >= 4 is 18.3 Å². The molecular formula is C12H20BNO4. The van der Waals surface area contributed by atoms with E-state index < -0.39 is 7.12 Å². The van der Waals surface area contributed by atoms with Gasteiger partial charge in [-0.15, -0.1) is 0 Å². The zero-order chi connectivity index (χ0) is 13.4. The number of ether oxygens (including phenoxy) is 2. The summed E-state index contributed by atoms with van der Waals surface area (Å²) in [5, 5.41) is 18.1. The molecule has 1 rings (SSSR count). The maximum Gasteiger partial charge on any atom is 0.488 e. The van der Waals surface area contributed by atoms with Gasteiger partial charge in [0.25, 0.3) is 0 Å². The van der Waals surface area contributed by atoms with Crippen molar-refractivity contribution in [1.29, 1.82) is 0 Å². The number of nitrogens with zero attached hydrogens (tertiary/aromatic N) is 1. The van der Waals surface area contributed by atoms with Crippen molar-refractivity contribution in [2.24, 2.45) is 0 Å². The van der Waals surface area contributed by atoms with Gasteiger partial charge in [0, 0.05) is 33.0 Å². The fourth-order valence-electron chi connectivity index (χ4n) is 1.63. The first-order valence-corrected chi connectivity index (χ1v) is 5.88. The first-order chi connectivity index (χ1) is 8.69. The summed E-state index contributed by atoms with van der Waals surface area (Å²) in [6, 6.07) is 7.12. The maximum absolute atomic E-state index is 9.04. The highest BCUT2D eigenvalue weighted by Crippen LogP contribution is 2.11. The molecule has 0 amide bonds. The molecule has 0 spiro atoms.